The van der Waals surface area contributed by atoms with Crippen LogP contribution in [0.3, 0.4) is 0 Å². The van der Waals surface area contributed by atoms with Crippen LogP contribution >= 0.6 is 0 Å². The Balaban J connectivity index is 1.76. The van der Waals surface area contributed by atoms with E-state index in [0.717, 1.165) is 6.42 Å². The van der Waals surface area contributed by atoms with Crippen molar-refractivity contribution in [2.75, 3.05) is 19.6 Å². The van der Waals surface area contributed by atoms with E-state index in [4.69, 9.17) is 0 Å². The fraction of sp³-hybridized carbons (Fsp3) is 0.462. The zero-order chi connectivity index (χ0) is 13.4. The number of nitrogens with zero attached hydrogens (tertiary/aromatic N) is 3. The molecule has 1 N–H and O–H groups in total. The van der Waals surface area contributed by atoms with Gasteiger partial charge in [-0.15, -0.1) is 0 Å². The highest BCUT2D eigenvalue weighted by atomic mass is 16.3. The number of aromatic hydroxyl groups is 1. The van der Waals surface area contributed by atoms with E-state index in [0.29, 0.717) is 26.1 Å². The molecule has 0 saturated carbocycles. The van der Waals surface area contributed by atoms with E-state index < -0.39 is 0 Å². The normalized spacial score (nSPS) is 22.5. The number of aromatic nitrogens is 1. The minimum atomic E-state index is -0.267. The molecule has 100 valence electrons. The van der Waals surface area contributed by atoms with E-state index in [1.807, 2.05) is 4.90 Å². The van der Waals surface area contributed by atoms with Gasteiger partial charge in [-0.25, -0.2) is 4.98 Å². The zero-order valence-electron chi connectivity index (χ0n) is 10.5. The van der Waals surface area contributed by atoms with Crippen LogP contribution in [0, 0.1) is 0 Å². The summed E-state index contributed by atoms with van der Waals surface area (Å²) in [6.07, 6.45) is 2.86. The summed E-state index contributed by atoms with van der Waals surface area (Å²) in [5.74, 6) is -0.188. The van der Waals surface area contributed by atoms with E-state index in [1.165, 1.54) is 12.3 Å². The lowest BCUT2D eigenvalue weighted by Crippen LogP contribution is -2.53. The van der Waals surface area contributed by atoms with Gasteiger partial charge >= 0.3 is 0 Å². The molecule has 1 unspecified atom stereocenters. The number of rotatable bonds is 1. The molecule has 1 aromatic heterocycles. The second-order valence-electron chi connectivity index (χ2n) is 4.90. The summed E-state index contributed by atoms with van der Waals surface area (Å²) in [4.78, 5) is 31.3. The van der Waals surface area contributed by atoms with Crippen LogP contribution in [0.1, 0.15) is 23.3 Å². The predicted molar refractivity (Wildman–Crippen MR) is 66.5 cm³/mol. The average molecular weight is 261 g/mol. The van der Waals surface area contributed by atoms with E-state index >= 15 is 0 Å². The summed E-state index contributed by atoms with van der Waals surface area (Å²) >= 11 is 0. The topological polar surface area (TPSA) is 73.7 Å². The molecule has 2 aliphatic heterocycles. The number of fused-ring (bicyclic) bond motifs is 1. The average Bonchev–Trinajstić information content (AvgIpc) is 2.80. The van der Waals surface area contributed by atoms with Crippen LogP contribution in [0.5, 0.6) is 5.75 Å². The molecule has 6 heteroatoms. The van der Waals surface area contributed by atoms with Gasteiger partial charge in [0, 0.05) is 38.3 Å². The molecule has 2 aliphatic rings. The monoisotopic (exact) mass is 261 g/mol. The Morgan fingerprint density at radius 3 is 3.05 bits per heavy atom. The highest BCUT2D eigenvalue weighted by Crippen LogP contribution is 2.24. The summed E-state index contributed by atoms with van der Waals surface area (Å²) < 4.78 is 0. The zero-order valence-corrected chi connectivity index (χ0v) is 10.5. The predicted octanol–water partition coefficient (Wildman–Crippen LogP) is 0.234. The third kappa shape index (κ3) is 2.03. The van der Waals surface area contributed by atoms with E-state index in [1.54, 1.807) is 11.0 Å². The van der Waals surface area contributed by atoms with Gasteiger partial charge < -0.3 is 14.9 Å². The molecule has 1 aromatic rings. The standard InChI is InChI=1S/C13H15N3O3/c17-10-2-1-5-14-12(10)13(19)15-6-7-16-9(8-15)3-4-11(16)18/h1-2,5,9,17H,3-4,6-8H2. The second kappa shape index (κ2) is 4.53. The maximum absolute atomic E-state index is 12.3. The molecule has 0 radical (unpaired) electrons. The molecule has 6 nitrogen and oxygen atoms in total. The number of amides is 2. The van der Waals surface area contributed by atoms with Gasteiger partial charge in [0.15, 0.2) is 5.69 Å². The van der Waals surface area contributed by atoms with Gasteiger partial charge in [0.05, 0.1) is 0 Å². The number of hydrogen-bond donors (Lipinski definition) is 1. The van der Waals surface area contributed by atoms with Crippen LogP contribution in [0.25, 0.3) is 0 Å². The highest BCUT2D eigenvalue weighted by Gasteiger charge is 2.37. The van der Waals surface area contributed by atoms with Gasteiger partial charge in [0.2, 0.25) is 5.91 Å². The molecule has 3 heterocycles. The first kappa shape index (κ1) is 12.0. The van der Waals surface area contributed by atoms with Crippen molar-refractivity contribution in [3.8, 4) is 5.75 Å². The SMILES string of the molecule is O=C(c1ncccc1O)N1CCN2C(=O)CCC2C1. The molecule has 0 bridgehead atoms. The summed E-state index contributed by atoms with van der Waals surface area (Å²) in [7, 11) is 0. The molecule has 1 atom stereocenters. The Morgan fingerprint density at radius 1 is 1.42 bits per heavy atom. The Morgan fingerprint density at radius 2 is 2.26 bits per heavy atom. The van der Waals surface area contributed by atoms with E-state index in [-0.39, 0.29) is 29.3 Å². The third-order valence-electron chi connectivity index (χ3n) is 3.77. The fourth-order valence-corrected chi connectivity index (χ4v) is 2.76. The Kier molecular flexibility index (Phi) is 2.85. The van der Waals surface area contributed by atoms with Gasteiger partial charge in [-0.2, -0.15) is 0 Å². The van der Waals surface area contributed by atoms with Gasteiger partial charge in [0.25, 0.3) is 5.91 Å². The van der Waals surface area contributed by atoms with Crippen molar-refractivity contribution in [1.29, 1.82) is 0 Å². The lowest BCUT2D eigenvalue weighted by atomic mass is 10.1. The van der Waals surface area contributed by atoms with Crippen molar-refractivity contribution >= 4 is 11.8 Å². The second-order valence-corrected chi connectivity index (χ2v) is 4.90. The maximum atomic E-state index is 12.3. The van der Waals surface area contributed by atoms with Gasteiger partial charge in [-0.05, 0) is 18.6 Å². The van der Waals surface area contributed by atoms with Crippen LogP contribution in [-0.2, 0) is 4.79 Å². The minimum absolute atomic E-state index is 0.0836. The molecular weight excluding hydrogens is 246 g/mol. The van der Waals surface area contributed by atoms with Crippen LogP contribution in [0.15, 0.2) is 18.3 Å². The van der Waals surface area contributed by atoms with Gasteiger partial charge in [0.1, 0.15) is 5.75 Å². The number of hydrogen-bond acceptors (Lipinski definition) is 4. The van der Waals surface area contributed by atoms with Gasteiger partial charge in [-0.1, -0.05) is 0 Å². The summed E-state index contributed by atoms with van der Waals surface area (Å²) in [5.41, 5.74) is 0.0836. The summed E-state index contributed by atoms with van der Waals surface area (Å²) in [6, 6.07) is 3.16. The first-order valence-electron chi connectivity index (χ1n) is 6.39. The van der Waals surface area contributed by atoms with Gasteiger partial charge in [-0.3, -0.25) is 9.59 Å². The van der Waals surface area contributed by atoms with Crippen molar-refractivity contribution in [3.63, 3.8) is 0 Å². The summed E-state index contributed by atoms with van der Waals surface area (Å²) in [6.45, 7) is 1.60. The number of piperazine rings is 1. The highest BCUT2D eigenvalue weighted by molar-refractivity contribution is 5.95. The Labute approximate surface area is 110 Å². The molecule has 0 aliphatic carbocycles. The smallest absolute Gasteiger partial charge is 0.276 e. The van der Waals surface area contributed by atoms with Crippen LogP contribution in [0.4, 0.5) is 0 Å². The van der Waals surface area contributed by atoms with Crippen LogP contribution in [-0.4, -0.2) is 57.4 Å². The van der Waals surface area contributed by atoms with Crippen LogP contribution < -0.4 is 0 Å². The van der Waals surface area contributed by atoms with Crippen molar-refractivity contribution in [2.24, 2.45) is 0 Å². The van der Waals surface area contributed by atoms with Crippen molar-refractivity contribution in [1.82, 2.24) is 14.8 Å². The quantitative estimate of drug-likeness (QED) is 0.785. The van der Waals surface area contributed by atoms with Crippen molar-refractivity contribution < 1.29 is 14.7 Å². The maximum Gasteiger partial charge on any atom is 0.276 e. The molecule has 19 heavy (non-hydrogen) atoms. The van der Waals surface area contributed by atoms with Crippen LogP contribution in [0.2, 0.25) is 0 Å². The molecule has 2 saturated heterocycles. The first-order valence-corrected chi connectivity index (χ1v) is 6.39. The molecule has 2 fully saturated rings. The largest absolute Gasteiger partial charge is 0.505 e. The first-order chi connectivity index (χ1) is 9.16. The Bertz CT molecular complexity index is 532. The molecule has 3 rings (SSSR count). The number of carbonyl (C=O) groups excluding carboxylic acids is 2. The molecule has 2 amide bonds. The lowest BCUT2D eigenvalue weighted by Gasteiger charge is -2.37. The molecule has 0 spiro atoms. The molecule has 0 aromatic carbocycles. The van der Waals surface area contributed by atoms with E-state index in [9.17, 15) is 14.7 Å². The van der Waals surface area contributed by atoms with E-state index in [2.05, 4.69) is 4.98 Å². The van der Waals surface area contributed by atoms with Crippen molar-refractivity contribution in [3.05, 3.63) is 24.0 Å². The third-order valence-corrected chi connectivity index (χ3v) is 3.77. The Hall–Kier alpha value is -2.11. The number of carbonyl (C=O) groups is 2. The molecular formula is C13H15N3O3. The van der Waals surface area contributed by atoms with Crippen molar-refractivity contribution in [2.45, 2.75) is 18.9 Å². The summed E-state index contributed by atoms with van der Waals surface area (Å²) in [5, 5.41) is 9.67. The fourth-order valence-electron chi connectivity index (χ4n) is 2.76. The number of pyridine rings is 1. The minimum Gasteiger partial charge on any atom is -0.505 e. The lowest BCUT2D eigenvalue weighted by molar-refractivity contribution is -0.130.